The number of hydrogen-bond donors (Lipinski definition) is 0. The fourth-order valence-corrected chi connectivity index (χ4v) is 4.48. The van der Waals surface area contributed by atoms with Crippen LogP contribution in [-0.2, 0) is 20.9 Å². The van der Waals surface area contributed by atoms with Crippen LogP contribution in [0.1, 0.15) is 25.0 Å². The smallest absolute Gasteiger partial charge is 0.328 e. The standard InChI is InChI=1S/C23H21BrN2O8S/c1-4-33-18-9-15(10-20-21(27)25(23(29)35-20)13(2)22(28)32-3)17(24)11-19(18)34-12-14-5-7-16(8-6-14)26(30)31/h5-11,13H,4,12H2,1-3H3/b20-10+/t13-/m0/s1. The summed E-state index contributed by atoms with van der Waals surface area (Å²) in [5, 5.41) is 10.3. The number of esters is 1. The number of non-ortho nitro benzene ring substituents is 1. The molecule has 3 rings (SSSR count). The van der Waals surface area contributed by atoms with E-state index in [1.807, 2.05) is 0 Å². The van der Waals surface area contributed by atoms with E-state index in [1.165, 1.54) is 32.2 Å². The van der Waals surface area contributed by atoms with Gasteiger partial charge in [0.1, 0.15) is 12.6 Å². The number of carbonyl (C=O) groups is 3. The number of nitro groups is 1. The van der Waals surface area contributed by atoms with Gasteiger partial charge in [-0.1, -0.05) is 15.9 Å². The molecular weight excluding hydrogens is 544 g/mol. The van der Waals surface area contributed by atoms with Crippen LogP contribution in [0.4, 0.5) is 10.5 Å². The Morgan fingerprint density at radius 2 is 1.86 bits per heavy atom. The highest BCUT2D eigenvalue weighted by atomic mass is 79.9. The fraction of sp³-hybridized carbons (Fsp3) is 0.261. The largest absolute Gasteiger partial charge is 0.490 e. The minimum atomic E-state index is -1.05. The lowest BCUT2D eigenvalue weighted by Crippen LogP contribution is -2.42. The third-order valence-electron chi connectivity index (χ3n) is 4.94. The Kier molecular flexibility index (Phi) is 8.52. The molecule has 0 spiro atoms. The Balaban J connectivity index is 1.84. The minimum absolute atomic E-state index is 0.0127. The summed E-state index contributed by atoms with van der Waals surface area (Å²) in [7, 11) is 1.19. The Hall–Kier alpha value is -3.38. The zero-order valence-corrected chi connectivity index (χ0v) is 21.4. The highest BCUT2D eigenvalue weighted by molar-refractivity contribution is 9.10. The van der Waals surface area contributed by atoms with E-state index >= 15 is 0 Å². The molecule has 1 aliphatic heterocycles. The van der Waals surface area contributed by atoms with E-state index in [0.717, 1.165) is 22.2 Å². The van der Waals surface area contributed by atoms with Gasteiger partial charge in [0.2, 0.25) is 0 Å². The molecule has 1 heterocycles. The lowest BCUT2D eigenvalue weighted by molar-refractivity contribution is -0.384. The normalized spacial score (nSPS) is 15.3. The van der Waals surface area contributed by atoms with Crippen molar-refractivity contribution in [1.82, 2.24) is 4.90 Å². The summed E-state index contributed by atoms with van der Waals surface area (Å²) in [6, 6.07) is 8.29. The summed E-state index contributed by atoms with van der Waals surface area (Å²) in [5.41, 5.74) is 1.28. The highest BCUT2D eigenvalue weighted by Crippen LogP contribution is 2.39. The Morgan fingerprint density at radius 3 is 2.46 bits per heavy atom. The van der Waals surface area contributed by atoms with Crippen LogP contribution < -0.4 is 9.47 Å². The van der Waals surface area contributed by atoms with Crippen molar-refractivity contribution in [3.05, 3.63) is 67.0 Å². The summed E-state index contributed by atoms with van der Waals surface area (Å²) < 4.78 is 16.8. The monoisotopic (exact) mass is 564 g/mol. The van der Waals surface area contributed by atoms with Gasteiger partial charge in [0.25, 0.3) is 16.8 Å². The van der Waals surface area contributed by atoms with Crippen molar-refractivity contribution < 1.29 is 33.5 Å². The van der Waals surface area contributed by atoms with Crippen LogP contribution >= 0.6 is 27.7 Å². The molecule has 1 aliphatic rings. The fourth-order valence-electron chi connectivity index (χ4n) is 3.15. The third kappa shape index (κ3) is 6.01. The second-order valence-electron chi connectivity index (χ2n) is 7.22. The zero-order chi connectivity index (χ0) is 25.7. The molecule has 1 saturated heterocycles. The quantitative estimate of drug-likeness (QED) is 0.180. The molecule has 1 fully saturated rings. The molecule has 2 aromatic carbocycles. The van der Waals surface area contributed by atoms with Crippen molar-refractivity contribution in [2.45, 2.75) is 26.5 Å². The number of amides is 2. The highest BCUT2D eigenvalue weighted by Gasteiger charge is 2.41. The number of imide groups is 1. The van der Waals surface area contributed by atoms with Gasteiger partial charge in [0, 0.05) is 16.6 Å². The van der Waals surface area contributed by atoms with E-state index in [-0.39, 0.29) is 17.2 Å². The van der Waals surface area contributed by atoms with Crippen LogP contribution in [0, 0.1) is 10.1 Å². The third-order valence-corrected chi connectivity index (χ3v) is 6.51. The molecule has 12 heteroatoms. The second-order valence-corrected chi connectivity index (χ2v) is 9.06. The number of hydrogen-bond acceptors (Lipinski definition) is 9. The number of rotatable bonds is 9. The number of halogens is 1. The minimum Gasteiger partial charge on any atom is -0.490 e. The number of nitrogens with zero attached hydrogens (tertiary/aromatic N) is 2. The molecule has 2 amide bonds. The molecule has 0 unspecified atom stereocenters. The van der Waals surface area contributed by atoms with Gasteiger partial charge in [-0.2, -0.15) is 0 Å². The van der Waals surface area contributed by atoms with Gasteiger partial charge in [0.05, 0.1) is 23.5 Å². The molecule has 0 bridgehead atoms. The first-order valence-electron chi connectivity index (χ1n) is 10.3. The number of ether oxygens (including phenoxy) is 3. The molecule has 0 aromatic heterocycles. The van der Waals surface area contributed by atoms with E-state index in [2.05, 4.69) is 20.7 Å². The van der Waals surface area contributed by atoms with Crippen LogP contribution in [0.3, 0.4) is 0 Å². The van der Waals surface area contributed by atoms with Gasteiger partial charge in [-0.15, -0.1) is 0 Å². The number of methoxy groups -OCH3 is 1. The Morgan fingerprint density at radius 1 is 1.20 bits per heavy atom. The Bertz CT molecular complexity index is 1200. The molecule has 35 heavy (non-hydrogen) atoms. The Labute approximate surface area is 213 Å². The molecular formula is C23H21BrN2O8S. The maximum atomic E-state index is 12.8. The van der Waals surface area contributed by atoms with Crippen molar-refractivity contribution in [1.29, 1.82) is 0 Å². The maximum Gasteiger partial charge on any atom is 0.328 e. The summed E-state index contributed by atoms with van der Waals surface area (Å²) in [6.45, 7) is 3.73. The van der Waals surface area contributed by atoms with Crippen LogP contribution in [0.25, 0.3) is 6.08 Å². The molecule has 184 valence electrons. The number of carbonyl (C=O) groups excluding carboxylic acids is 3. The number of benzene rings is 2. The van der Waals surface area contributed by atoms with E-state index in [9.17, 15) is 24.5 Å². The first-order valence-corrected chi connectivity index (χ1v) is 11.9. The molecule has 2 aromatic rings. The van der Waals surface area contributed by atoms with Gasteiger partial charge in [-0.25, -0.2) is 4.79 Å². The van der Waals surface area contributed by atoms with Crippen LogP contribution in [0.5, 0.6) is 11.5 Å². The van der Waals surface area contributed by atoms with E-state index in [1.54, 1.807) is 31.2 Å². The van der Waals surface area contributed by atoms with Gasteiger partial charge in [0.15, 0.2) is 11.5 Å². The molecule has 0 radical (unpaired) electrons. The summed E-state index contributed by atoms with van der Waals surface area (Å²) in [5.74, 6) is -0.461. The predicted molar refractivity (Wildman–Crippen MR) is 132 cm³/mol. The van der Waals surface area contributed by atoms with E-state index < -0.39 is 28.1 Å². The van der Waals surface area contributed by atoms with Crippen LogP contribution in [0.15, 0.2) is 45.8 Å². The van der Waals surface area contributed by atoms with Gasteiger partial charge in [-0.3, -0.25) is 24.6 Å². The number of nitro benzene ring substituents is 1. The number of thioether (sulfide) groups is 1. The topological polar surface area (TPSA) is 125 Å². The average Bonchev–Trinajstić information content (AvgIpc) is 3.11. The summed E-state index contributed by atoms with van der Waals surface area (Å²) in [4.78, 5) is 48.3. The SMILES string of the molecule is CCOc1cc(/C=C2/SC(=O)N([C@@H](C)C(=O)OC)C2=O)c(Br)cc1OCc1ccc([N+](=O)[O-])cc1. The van der Waals surface area contributed by atoms with Crippen LogP contribution in [0.2, 0.25) is 0 Å². The molecule has 0 saturated carbocycles. The predicted octanol–water partition coefficient (Wildman–Crippen LogP) is 4.93. The van der Waals surface area contributed by atoms with Crippen molar-refractivity contribution in [3.8, 4) is 11.5 Å². The lowest BCUT2D eigenvalue weighted by atomic mass is 10.1. The van der Waals surface area contributed by atoms with Gasteiger partial charge < -0.3 is 14.2 Å². The molecule has 1 atom stereocenters. The summed E-state index contributed by atoms with van der Waals surface area (Å²) in [6.07, 6.45) is 1.53. The zero-order valence-electron chi connectivity index (χ0n) is 19.0. The van der Waals surface area contributed by atoms with Crippen LogP contribution in [-0.4, -0.2) is 46.7 Å². The summed E-state index contributed by atoms with van der Waals surface area (Å²) >= 11 is 4.18. The maximum absolute atomic E-state index is 12.8. The molecule has 0 aliphatic carbocycles. The second kappa shape index (κ2) is 11.4. The van der Waals surface area contributed by atoms with E-state index in [0.29, 0.717) is 28.1 Å². The first kappa shape index (κ1) is 26.2. The molecule has 10 nitrogen and oxygen atoms in total. The van der Waals surface area contributed by atoms with Gasteiger partial charge >= 0.3 is 5.97 Å². The lowest BCUT2D eigenvalue weighted by Gasteiger charge is -2.18. The average molecular weight is 565 g/mol. The molecule has 0 N–H and O–H groups in total. The van der Waals surface area contributed by atoms with Crippen molar-refractivity contribution >= 4 is 56.6 Å². The van der Waals surface area contributed by atoms with Crippen molar-refractivity contribution in [2.75, 3.05) is 13.7 Å². The van der Waals surface area contributed by atoms with Gasteiger partial charge in [-0.05, 0) is 67.1 Å². The first-order chi connectivity index (χ1) is 16.7. The van der Waals surface area contributed by atoms with E-state index in [4.69, 9.17) is 9.47 Å². The van der Waals surface area contributed by atoms with Crippen molar-refractivity contribution in [3.63, 3.8) is 0 Å². The van der Waals surface area contributed by atoms with Crippen molar-refractivity contribution in [2.24, 2.45) is 0 Å².